The molecule has 0 aromatic rings. The molecule has 3 unspecified atom stereocenters. The summed E-state index contributed by atoms with van der Waals surface area (Å²) in [5, 5.41) is 38.6. The SMILES string of the molecule is CCCCCCCCCCC(CCCCCCCC)CC(O)(SC(O)C(=O)O)C(=O)O. The maximum absolute atomic E-state index is 11.7. The maximum atomic E-state index is 11.7. The van der Waals surface area contributed by atoms with Gasteiger partial charge in [-0.3, -0.25) is 0 Å². The van der Waals surface area contributed by atoms with Crippen LogP contribution >= 0.6 is 11.8 Å². The summed E-state index contributed by atoms with van der Waals surface area (Å²) in [4.78, 5) is 20.3. The van der Waals surface area contributed by atoms with Gasteiger partial charge in [0.25, 0.3) is 0 Å². The zero-order chi connectivity index (χ0) is 23.5. The minimum Gasteiger partial charge on any atom is -0.479 e. The number of unbranched alkanes of at least 4 members (excludes halogenated alkanes) is 12. The normalized spacial score (nSPS) is 15.4. The molecule has 0 bridgehead atoms. The van der Waals surface area contributed by atoms with Crippen molar-refractivity contribution in [3.05, 3.63) is 0 Å². The molecule has 184 valence electrons. The van der Waals surface area contributed by atoms with Gasteiger partial charge in [0.05, 0.1) is 0 Å². The van der Waals surface area contributed by atoms with Crippen LogP contribution in [0.1, 0.15) is 123 Å². The first-order chi connectivity index (χ1) is 14.8. The fourth-order valence-electron chi connectivity index (χ4n) is 3.94. The number of aliphatic hydroxyl groups is 2. The summed E-state index contributed by atoms with van der Waals surface area (Å²) in [5.41, 5.74) is -1.96. The van der Waals surface area contributed by atoms with Crippen molar-refractivity contribution in [3.8, 4) is 0 Å². The van der Waals surface area contributed by atoms with E-state index in [-0.39, 0.29) is 24.1 Å². The lowest BCUT2D eigenvalue weighted by Crippen LogP contribution is -2.40. The minimum atomic E-state index is -2.29. The van der Waals surface area contributed by atoms with Crippen LogP contribution in [-0.4, -0.2) is 42.7 Å². The van der Waals surface area contributed by atoms with E-state index in [0.29, 0.717) is 0 Å². The first-order valence-corrected chi connectivity index (χ1v) is 13.2. The quantitative estimate of drug-likeness (QED) is 0.112. The second-order valence-corrected chi connectivity index (χ2v) is 10.1. The Bertz CT molecular complexity index is 473. The van der Waals surface area contributed by atoms with Crippen molar-refractivity contribution in [1.29, 1.82) is 0 Å². The van der Waals surface area contributed by atoms with Crippen molar-refractivity contribution in [2.24, 2.45) is 5.92 Å². The molecule has 0 aliphatic carbocycles. The second kappa shape index (κ2) is 18.8. The molecule has 0 aromatic heterocycles. The van der Waals surface area contributed by atoms with Crippen LogP contribution in [0.4, 0.5) is 0 Å². The van der Waals surface area contributed by atoms with Crippen LogP contribution in [0.5, 0.6) is 0 Å². The third-order valence-electron chi connectivity index (χ3n) is 5.85. The van der Waals surface area contributed by atoms with E-state index in [9.17, 15) is 24.9 Å². The third kappa shape index (κ3) is 15.6. The summed E-state index contributed by atoms with van der Waals surface area (Å²) in [5.74, 6) is -3.03. The molecule has 0 aromatic carbocycles. The Kier molecular flexibility index (Phi) is 18.3. The minimum absolute atomic E-state index is 0.000798. The topological polar surface area (TPSA) is 115 Å². The highest BCUT2D eigenvalue weighted by atomic mass is 32.2. The molecule has 7 heteroatoms. The molecule has 3 atom stereocenters. The van der Waals surface area contributed by atoms with Crippen LogP contribution in [0, 0.1) is 5.92 Å². The number of aliphatic hydroxyl groups excluding tert-OH is 1. The Morgan fingerprint density at radius 3 is 1.48 bits per heavy atom. The van der Waals surface area contributed by atoms with E-state index in [1.165, 1.54) is 57.8 Å². The number of hydrogen-bond donors (Lipinski definition) is 4. The Morgan fingerprint density at radius 2 is 1.13 bits per heavy atom. The number of rotatable bonds is 22. The predicted molar refractivity (Wildman–Crippen MR) is 127 cm³/mol. The molecule has 0 heterocycles. The number of aliphatic carboxylic acids is 2. The smallest absolute Gasteiger partial charge is 0.346 e. The van der Waals surface area contributed by atoms with Gasteiger partial charge in [0.1, 0.15) is 0 Å². The Hall–Kier alpha value is -0.790. The number of carboxylic acids is 2. The van der Waals surface area contributed by atoms with Gasteiger partial charge in [-0.15, -0.1) is 0 Å². The van der Waals surface area contributed by atoms with E-state index in [0.717, 1.165) is 44.9 Å². The maximum Gasteiger partial charge on any atom is 0.346 e. The Balaban J connectivity index is 4.67. The van der Waals surface area contributed by atoms with E-state index in [4.69, 9.17) is 5.11 Å². The van der Waals surface area contributed by atoms with Crippen LogP contribution in [0.25, 0.3) is 0 Å². The number of thioether (sulfide) groups is 1. The van der Waals surface area contributed by atoms with Crippen molar-refractivity contribution in [2.75, 3.05) is 0 Å². The lowest BCUT2D eigenvalue weighted by Gasteiger charge is -2.29. The van der Waals surface area contributed by atoms with Crippen LogP contribution in [0.15, 0.2) is 0 Å². The van der Waals surface area contributed by atoms with Crippen LogP contribution in [0.3, 0.4) is 0 Å². The van der Waals surface area contributed by atoms with E-state index in [2.05, 4.69) is 13.8 Å². The van der Waals surface area contributed by atoms with Gasteiger partial charge >= 0.3 is 11.9 Å². The fraction of sp³-hybridized carbons (Fsp3) is 0.917. The standard InChI is InChI=1S/C24H46O6S/c1-3-5-7-9-11-12-14-16-18-20(17-15-13-10-8-6-4-2)19-24(30,23(28)29)31-22(27)21(25)26/h20,22,27,30H,3-19H2,1-2H3,(H,25,26)(H,28,29). The summed E-state index contributed by atoms with van der Waals surface area (Å²) in [6, 6.07) is 0. The monoisotopic (exact) mass is 462 g/mol. The van der Waals surface area contributed by atoms with Crippen molar-refractivity contribution < 1.29 is 30.0 Å². The van der Waals surface area contributed by atoms with E-state index < -0.39 is 22.3 Å². The summed E-state index contributed by atoms with van der Waals surface area (Å²) < 4.78 is 0. The number of carbonyl (C=O) groups is 2. The summed E-state index contributed by atoms with van der Waals surface area (Å²) in [7, 11) is 0. The molecule has 0 amide bonds. The van der Waals surface area contributed by atoms with Gasteiger partial charge in [-0.25, -0.2) is 9.59 Å². The molecule has 0 aliphatic heterocycles. The molecule has 31 heavy (non-hydrogen) atoms. The van der Waals surface area contributed by atoms with Crippen LogP contribution in [0.2, 0.25) is 0 Å². The highest BCUT2D eigenvalue weighted by molar-refractivity contribution is 8.02. The number of carboxylic acid groups (broad SMARTS) is 2. The zero-order valence-corrected chi connectivity index (χ0v) is 20.5. The van der Waals surface area contributed by atoms with Gasteiger partial charge in [0.15, 0.2) is 0 Å². The summed E-state index contributed by atoms with van der Waals surface area (Å²) >= 11 is 0.209. The largest absolute Gasteiger partial charge is 0.479 e. The van der Waals surface area contributed by atoms with Crippen molar-refractivity contribution in [1.82, 2.24) is 0 Å². The van der Waals surface area contributed by atoms with Gasteiger partial charge < -0.3 is 20.4 Å². The molecule has 0 saturated carbocycles. The molecular weight excluding hydrogens is 416 g/mol. The molecule has 0 saturated heterocycles. The molecule has 0 aliphatic rings. The number of hydrogen-bond acceptors (Lipinski definition) is 5. The van der Waals surface area contributed by atoms with Crippen molar-refractivity contribution in [2.45, 2.75) is 133 Å². The molecule has 6 nitrogen and oxygen atoms in total. The first kappa shape index (κ1) is 30.2. The van der Waals surface area contributed by atoms with E-state index in [1.807, 2.05) is 0 Å². The average molecular weight is 463 g/mol. The Labute approximate surface area is 193 Å². The van der Waals surface area contributed by atoms with Gasteiger partial charge in [-0.05, 0) is 12.3 Å². The average Bonchev–Trinajstić information content (AvgIpc) is 2.71. The van der Waals surface area contributed by atoms with Gasteiger partial charge in [-0.1, -0.05) is 128 Å². The summed E-state index contributed by atoms with van der Waals surface area (Å²) in [6.45, 7) is 4.38. The first-order valence-electron chi connectivity index (χ1n) is 12.3. The van der Waals surface area contributed by atoms with E-state index in [1.54, 1.807) is 0 Å². The van der Waals surface area contributed by atoms with E-state index >= 15 is 0 Å². The van der Waals surface area contributed by atoms with Crippen LogP contribution in [-0.2, 0) is 9.59 Å². The molecule has 4 N–H and O–H groups in total. The van der Waals surface area contributed by atoms with Gasteiger partial charge in [-0.2, -0.15) is 0 Å². The molecule has 0 radical (unpaired) electrons. The van der Waals surface area contributed by atoms with Crippen molar-refractivity contribution in [3.63, 3.8) is 0 Å². The van der Waals surface area contributed by atoms with Crippen LogP contribution < -0.4 is 0 Å². The fourth-order valence-corrected chi connectivity index (χ4v) is 4.84. The van der Waals surface area contributed by atoms with Gasteiger partial charge in [0.2, 0.25) is 10.4 Å². The van der Waals surface area contributed by atoms with Crippen molar-refractivity contribution >= 4 is 23.7 Å². The highest BCUT2D eigenvalue weighted by Crippen LogP contribution is 2.36. The lowest BCUT2D eigenvalue weighted by atomic mass is 9.89. The molecule has 0 spiro atoms. The highest BCUT2D eigenvalue weighted by Gasteiger charge is 2.42. The predicted octanol–water partition coefficient (Wildman–Crippen LogP) is 6.18. The molecule has 0 rings (SSSR count). The Morgan fingerprint density at radius 1 is 0.742 bits per heavy atom. The molecule has 0 fully saturated rings. The second-order valence-electron chi connectivity index (χ2n) is 8.79. The molecular formula is C24H46O6S. The third-order valence-corrected chi connectivity index (χ3v) is 7.01. The summed E-state index contributed by atoms with van der Waals surface area (Å²) in [6.07, 6.45) is 18.0. The lowest BCUT2D eigenvalue weighted by molar-refractivity contribution is -0.151. The van der Waals surface area contributed by atoms with Gasteiger partial charge in [0, 0.05) is 0 Å². The zero-order valence-electron chi connectivity index (χ0n) is 19.7.